The molecule has 3 N–H and O–H groups in total. The van der Waals surface area contributed by atoms with E-state index in [1.165, 1.54) is 38.2 Å². The molecule has 1 aliphatic heterocycles. The zero-order chi connectivity index (χ0) is 18.7. The van der Waals surface area contributed by atoms with E-state index in [0.717, 1.165) is 30.5 Å². The van der Waals surface area contributed by atoms with Crippen molar-refractivity contribution in [3.63, 3.8) is 0 Å². The Bertz CT molecular complexity index is 755. The van der Waals surface area contributed by atoms with E-state index in [4.69, 9.17) is 5.14 Å². The predicted molar refractivity (Wildman–Crippen MR) is 103 cm³/mol. The van der Waals surface area contributed by atoms with Gasteiger partial charge in [-0.05, 0) is 49.9 Å². The molecule has 1 atom stereocenters. The van der Waals surface area contributed by atoms with Crippen LogP contribution in [0.25, 0.3) is 0 Å². The summed E-state index contributed by atoms with van der Waals surface area (Å²) in [5.41, 5.74) is 1.86. The largest absolute Gasteiger partial charge is 0.359 e. The maximum atomic E-state index is 12.6. The second-order valence-corrected chi connectivity index (χ2v) is 9.19. The minimum Gasteiger partial charge on any atom is -0.359 e. The number of amides is 1. The van der Waals surface area contributed by atoms with Crippen LogP contribution in [-0.2, 0) is 21.2 Å². The van der Waals surface area contributed by atoms with Gasteiger partial charge in [0, 0.05) is 17.8 Å². The molecule has 2 aliphatic rings. The lowest BCUT2D eigenvalue weighted by Gasteiger charge is -2.27. The van der Waals surface area contributed by atoms with Gasteiger partial charge in [-0.2, -0.15) is 0 Å². The highest BCUT2D eigenvalue weighted by Crippen LogP contribution is 2.33. The Morgan fingerprint density at radius 1 is 1.19 bits per heavy atom. The lowest BCUT2D eigenvalue weighted by Crippen LogP contribution is -2.44. The smallest absolute Gasteiger partial charge is 0.239 e. The summed E-state index contributed by atoms with van der Waals surface area (Å²) in [4.78, 5) is 14.8. The number of benzene rings is 1. The van der Waals surface area contributed by atoms with Gasteiger partial charge in [0.2, 0.25) is 15.9 Å². The molecule has 1 amide bonds. The first-order valence-corrected chi connectivity index (χ1v) is 11.1. The molecular formula is C19H29N3O3S. The molecule has 1 aliphatic carbocycles. The van der Waals surface area contributed by atoms with Gasteiger partial charge in [-0.15, -0.1) is 0 Å². The fraction of sp³-hybridized carbons (Fsp3) is 0.632. The molecule has 1 saturated carbocycles. The quantitative estimate of drug-likeness (QED) is 0.840. The molecule has 0 spiro atoms. The van der Waals surface area contributed by atoms with Crippen LogP contribution in [0.2, 0.25) is 0 Å². The molecule has 1 fully saturated rings. The Hall–Kier alpha value is -1.60. The summed E-state index contributed by atoms with van der Waals surface area (Å²) in [6.07, 6.45) is 9.04. The van der Waals surface area contributed by atoms with Crippen molar-refractivity contribution in [3.05, 3.63) is 23.8 Å². The third-order valence-corrected chi connectivity index (χ3v) is 6.43. The van der Waals surface area contributed by atoms with E-state index in [1.807, 2.05) is 0 Å². The SMILES string of the molecule is C[C@@H]1Cc2cc(S(N)(=O)=O)ccc2N1CC(=O)NC1CCCCCCC1. The van der Waals surface area contributed by atoms with E-state index in [-0.39, 0.29) is 22.9 Å². The summed E-state index contributed by atoms with van der Waals surface area (Å²) in [7, 11) is -3.71. The average Bonchev–Trinajstić information content (AvgIpc) is 2.84. The van der Waals surface area contributed by atoms with Crippen molar-refractivity contribution >= 4 is 21.6 Å². The predicted octanol–water partition coefficient (Wildman–Crippen LogP) is 2.31. The first-order chi connectivity index (χ1) is 12.3. The molecule has 0 unspecified atom stereocenters. The number of rotatable bonds is 4. The van der Waals surface area contributed by atoms with E-state index in [9.17, 15) is 13.2 Å². The minimum atomic E-state index is -3.71. The number of carbonyl (C=O) groups is 1. The Morgan fingerprint density at radius 2 is 1.85 bits per heavy atom. The van der Waals surface area contributed by atoms with Crippen LogP contribution in [0, 0.1) is 0 Å². The number of anilines is 1. The van der Waals surface area contributed by atoms with Gasteiger partial charge in [0.15, 0.2) is 0 Å². The summed E-state index contributed by atoms with van der Waals surface area (Å²) < 4.78 is 23.1. The normalized spacial score (nSPS) is 21.8. The number of nitrogens with zero attached hydrogens (tertiary/aromatic N) is 1. The molecule has 7 heteroatoms. The summed E-state index contributed by atoms with van der Waals surface area (Å²) >= 11 is 0. The number of hydrogen-bond donors (Lipinski definition) is 2. The number of sulfonamides is 1. The van der Waals surface area contributed by atoms with Crippen LogP contribution in [-0.4, -0.2) is 33.0 Å². The molecule has 144 valence electrons. The first-order valence-electron chi connectivity index (χ1n) is 9.56. The first kappa shape index (κ1) is 19.2. The zero-order valence-electron chi connectivity index (χ0n) is 15.4. The molecule has 1 aromatic carbocycles. The molecule has 0 radical (unpaired) electrons. The second kappa shape index (κ2) is 7.96. The summed E-state index contributed by atoms with van der Waals surface area (Å²) in [6, 6.07) is 5.36. The number of nitrogens with one attached hydrogen (secondary N) is 1. The molecule has 0 bridgehead atoms. The summed E-state index contributed by atoms with van der Waals surface area (Å²) in [6.45, 7) is 2.36. The number of carbonyl (C=O) groups excluding carboxylic acids is 1. The maximum absolute atomic E-state index is 12.6. The Balaban J connectivity index is 1.66. The fourth-order valence-electron chi connectivity index (χ4n) is 4.12. The van der Waals surface area contributed by atoms with Gasteiger partial charge in [-0.3, -0.25) is 4.79 Å². The zero-order valence-corrected chi connectivity index (χ0v) is 16.2. The summed E-state index contributed by atoms with van der Waals surface area (Å²) in [5, 5.41) is 8.43. The minimum absolute atomic E-state index is 0.0470. The van der Waals surface area contributed by atoms with Crippen molar-refractivity contribution in [1.82, 2.24) is 5.32 Å². The van der Waals surface area contributed by atoms with Gasteiger partial charge < -0.3 is 10.2 Å². The second-order valence-electron chi connectivity index (χ2n) is 7.63. The van der Waals surface area contributed by atoms with E-state index in [2.05, 4.69) is 17.1 Å². The van der Waals surface area contributed by atoms with E-state index >= 15 is 0 Å². The summed E-state index contributed by atoms with van der Waals surface area (Å²) in [5.74, 6) is 0.0470. The van der Waals surface area contributed by atoms with E-state index in [0.29, 0.717) is 6.54 Å². The topological polar surface area (TPSA) is 92.5 Å². The van der Waals surface area contributed by atoms with E-state index < -0.39 is 10.0 Å². The number of hydrogen-bond acceptors (Lipinski definition) is 4. The van der Waals surface area contributed by atoms with Crippen molar-refractivity contribution < 1.29 is 13.2 Å². The maximum Gasteiger partial charge on any atom is 0.239 e. The lowest BCUT2D eigenvalue weighted by molar-refractivity contribution is -0.120. The van der Waals surface area contributed by atoms with Gasteiger partial charge in [0.25, 0.3) is 0 Å². The highest BCUT2D eigenvalue weighted by molar-refractivity contribution is 7.89. The van der Waals surface area contributed by atoms with Crippen LogP contribution >= 0.6 is 0 Å². The highest BCUT2D eigenvalue weighted by atomic mass is 32.2. The average molecular weight is 380 g/mol. The molecular weight excluding hydrogens is 350 g/mol. The fourth-order valence-corrected chi connectivity index (χ4v) is 4.68. The van der Waals surface area contributed by atoms with Crippen molar-refractivity contribution in [2.45, 2.75) is 75.3 Å². The van der Waals surface area contributed by atoms with Crippen molar-refractivity contribution in [2.24, 2.45) is 5.14 Å². The van der Waals surface area contributed by atoms with Gasteiger partial charge >= 0.3 is 0 Å². The van der Waals surface area contributed by atoms with Crippen molar-refractivity contribution in [2.75, 3.05) is 11.4 Å². The lowest BCUT2D eigenvalue weighted by atomic mass is 9.97. The van der Waals surface area contributed by atoms with Crippen LogP contribution in [0.4, 0.5) is 5.69 Å². The highest BCUT2D eigenvalue weighted by Gasteiger charge is 2.29. The Kier molecular flexibility index (Phi) is 5.87. The number of primary sulfonamides is 1. The number of nitrogens with two attached hydrogens (primary N) is 1. The van der Waals surface area contributed by atoms with Crippen LogP contribution in [0.1, 0.15) is 57.4 Å². The van der Waals surface area contributed by atoms with Gasteiger partial charge in [0.05, 0.1) is 11.4 Å². The van der Waals surface area contributed by atoms with Crippen LogP contribution in [0.3, 0.4) is 0 Å². The van der Waals surface area contributed by atoms with Crippen LogP contribution in [0.5, 0.6) is 0 Å². The molecule has 26 heavy (non-hydrogen) atoms. The molecule has 3 rings (SSSR count). The third kappa shape index (κ3) is 4.57. The van der Waals surface area contributed by atoms with Gasteiger partial charge in [0.1, 0.15) is 0 Å². The molecule has 6 nitrogen and oxygen atoms in total. The van der Waals surface area contributed by atoms with E-state index in [1.54, 1.807) is 12.1 Å². The monoisotopic (exact) mass is 379 g/mol. The van der Waals surface area contributed by atoms with Crippen LogP contribution in [0.15, 0.2) is 23.1 Å². The van der Waals surface area contributed by atoms with Gasteiger partial charge in [-0.1, -0.05) is 32.1 Å². The Morgan fingerprint density at radius 3 is 2.50 bits per heavy atom. The van der Waals surface area contributed by atoms with Crippen molar-refractivity contribution in [3.8, 4) is 0 Å². The Labute approximate surface area is 156 Å². The molecule has 1 heterocycles. The van der Waals surface area contributed by atoms with Crippen LogP contribution < -0.4 is 15.4 Å². The van der Waals surface area contributed by atoms with Gasteiger partial charge in [-0.25, -0.2) is 13.6 Å². The number of fused-ring (bicyclic) bond motifs is 1. The molecule has 1 aromatic rings. The molecule has 0 saturated heterocycles. The standard InChI is InChI=1S/C19H29N3O3S/c1-14-11-15-12-17(26(20,24)25)9-10-18(15)22(14)13-19(23)21-16-7-5-3-2-4-6-8-16/h9-10,12,14,16H,2-8,11,13H2,1H3,(H,21,23)(H2,20,24,25)/t14-/m1/s1. The third-order valence-electron chi connectivity index (χ3n) is 5.52. The van der Waals surface area contributed by atoms with Crippen molar-refractivity contribution in [1.29, 1.82) is 0 Å². The molecule has 0 aromatic heterocycles.